The van der Waals surface area contributed by atoms with E-state index in [4.69, 9.17) is 0 Å². The summed E-state index contributed by atoms with van der Waals surface area (Å²) in [5, 5.41) is 19.6. The molecule has 2 atom stereocenters. The maximum atomic E-state index is 9.80. The summed E-state index contributed by atoms with van der Waals surface area (Å²) in [5.74, 6) is 0. The second kappa shape index (κ2) is 7.42. The lowest BCUT2D eigenvalue weighted by Crippen LogP contribution is -2.47. The van der Waals surface area contributed by atoms with E-state index in [1.807, 2.05) is 4.90 Å². The highest BCUT2D eigenvalue weighted by Gasteiger charge is 2.29. The molecule has 0 aromatic heterocycles. The van der Waals surface area contributed by atoms with Crippen molar-refractivity contribution in [2.45, 2.75) is 31.7 Å². The molecule has 22 heavy (non-hydrogen) atoms. The van der Waals surface area contributed by atoms with Crippen LogP contribution in [0.5, 0.6) is 0 Å². The number of nitrogens with zero attached hydrogens (tertiary/aromatic N) is 3. The van der Waals surface area contributed by atoms with Crippen LogP contribution < -0.4 is 4.90 Å². The minimum absolute atomic E-state index is 0.454. The second-order valence-electron chi connectivity index (χ2n) is 6.29. The van der Waals surface area contributed by atoms with Gasteiger partial charge in [-0.25, -0.2) is 0 Å². The first-order valence-corrected chi connectivity index (χ1v) is 8.38. The third kappa shape index (κ3) is 3.79. The molecule has 2 N–H and O–H groups in total. The van der Waals surface area contributed by atoms with Gasteiger partial charge in [-0.1, -0.05) is 18.2 Å². The molecular formula is C17H27N3O2. The molecule has 3 rings (SSSR count). The summed E-state index contributed by atoms with van der Waals surface area (Å²) < 4.78 is 0. The number of piperazine rings is 1. The Morgan fingerprint density at radius 2 is 1.50 bits per heavy atom. The highest BCUT2D eigenvalue weighted by Crippen LogP contribution is 2.20. The predicted octanol–water partition coefficient (Wildman–Crippen LogP) is 0.931. The average Bonchev–Trinajstić information content (AvgIpc) is 2.88. The van der Waals surface area contributed by atoms with Crippen molar-refractivity contribution in [3.8, 4) is 0 Å². The van der Waals surface area contributed by atoms with Crippen molar-refractivity contribution in [2.75, 3.05) is 44.2 Å². The number of aliphatic hydroxyl groups excluding tert-OH is 2. The molecule has 2 fully saturated rings. The number of benzene rings is 1. The number of likely N-dealkylation sites (tertiary alicyclic amines) is 1. The summed E-state index contributed by atoms with van der Waals surface area (Å²) in [5.41, 5.74) is 1.31. The first kappa shape index (κ1) is 15.7. The number of rotatable bonds is 5. The Balaban J connectivity index is 1.37. The number of hydrogen-bond acceptors (Lipinski definition) is 5. The van der Waals surface area contributed by atoms with Gasteiger partial charge in [0.15, 0.2) is 0 Å². The van der Waals surface area contributed by atoms with Gasteiger partial charge in [-0.05, 0) is 37.9 Å². The van der Waals surface area contributed by atoms with Gasteiger partial charge in [0, 0.05) is 38.4 Å². The van der Waals surface area contributed by atoms with E-state index >= 15 is 0 Å². The zero-order chi connectivity index (χ0) is 15.4. The maximum absolute atomic E-state index is 9.80. The Hall–Kier alpha value is -1.14. The van der Waals surface area contributed by atoms with Gasteiger partial charge in [0.2, 0.25) is 0 Å². The summed E-state index contributed by atoms with van der Waals surface area (Å²) in [6.45, 7) is 6.12. The van der Waals surface area contributed by atoms with Crippen LogP contribution in [0.2, 0.25) is 0 Å². The molecule has 0 aliphatic carbocycles. The Labute approximate surface area is 132 Å². The number of para-hydroxylation sites is 1. The van der Waals surface area contributed by atoms with E-state index in [-0.39, 0.29) is 0 Å². The highest BCUT2D eigenvalue weighted by molar-refractivity contribution is 5.46. The molecule has 2 unspecified atom stereocenters. The van der Waals surface area contributed by atoms with Gasteiger partial charge in [0.25, 0.3) is 0 Å². The lowest BCUT2D eigenvalue weighted by molar-refractivity contribution is -0.0541. The zero-order valence-electron chi connectivity index (χ0n) is 13.1. The molecule has 122 valence electrons. The summed E-state index contributed by atoms with van der Waals surface area (Å²) >= 11 is 0. The van der Waals surface area contributed by atoms with E-state index in [1.54, 1.807) is 0 Å². The Morgan fingerprint density at radius 1 is 0.864 bits per heavy atom. The quantitative estimate of drug-likeness (QED) is 0.848. The molecule has 0 saturated carbocycles. The molecule has 2 heterocycles. The van der Waals surface area contributed by atoms with E-state index < -0.39 is 12.5 Å². The largest absolute Gasteiger partial charge is 0.378 e. The second-order valence-corrected chi connectivity index (χ2v) is 6.29. The van der Waals surface area contributed by atoms with E-state index in [2.05, 4.69) is 40.1 Å². The fraction of sp³-hybridized carbons (Fsp3) is 0.647. The van der Waals surface area contributed by atoms with Gasteiger partial charge in [0.1, 0.15) is 12.5 Å². The van der Waals surface area contributed by atoms with Gasteiger partial charge in [-0.3, -0.25) is 9.80 Å². The standard InChI is InChI=1S/C17H27N3O2/c21-16-7-8-17(22)20(16)10-4-9-18-11-13-19(14-12-18)15-5-2-1-3-6-15/h1-3,5-6,16-17,21-22H,4,7-14H2. The van der Waals surface area contributed by atoms with E-state index in [0.717, 1.165) is 45.7 Å². The molecule has 1 aromatic carbocycles. The third-order valence-electron chi connectivity index (χ3n) is 4.83. The van der Waals surface area contributed by atoms with E-state index in [0.29, 0.717) is 12.8 Å². The lowest BCUT2D eigenvalue weighted by atomic mass is 10.2. The molecule has 1 aromatic rings. The van der Waals surface area contributed by atoms with Crippen molar-refractivity contribution < 1.29 is 10.2 Å². The van der Waals surface area contributed by atoms with E-state index in [9.17, 15) is 10.2 Å². The minimum Gasteiger partial charge on any atom is -0.378 e. The fourth-order valence-corrected chi connectivity index (χ4v) is 3.47. The topological polar surface area (TPSA) is 50.2 Å². The van der Waals surface area contributed by atoms with Crippen LogP contribution in [0, 0.1) is 0 Å². The van der Waals surface area contributed by atoms with Crippen LogP contribution in [0.4, 0.5) is 5.69 Å². The van der Waals surface area contributed by atoms with E-state index in [1.165, 1.54) is 5.69 Å². The Morgan fingerprint density at radius 3 is 2.14 bits per heavy atom. The summed E-state index contributed by atoms with van der Waals surface area (Å²) in [7, 11) is 0. The third-order valence-corrected chi connectivity index (χ3v) is 4.83. The van der Waals surface area contributed by atoms with Gasteiger partial charge >= 0.3 is 0 Å². The number of aliphatic hydroxyl groups is 2. The monoisotopic (exact) mass is 305 g/mol. The average molecular weight is 305 g/mol. The molecule has 0 spiro atoms. The van der Waals surface area contributed by atoms with Crippen LogP contribution in [-0.2, 0) is 0 Å². The van der Waals surface area contributed by atoms with Crippen LogP contribution in [0.25, 0.3) is 0 Å². The number of hydrogen-bond donors (Lipinski definition) is 2. The van der Waals surface area contributed by atoms with Crippen molar-refractivity contribution in [3.63, 3.8) is 0 Å². The summed E-state index contributed by atoms with van der Waals surface area (Å²) in [6, 6.07) is 10.6. The molecular weight excluding hydrogens is 278 g/mol. The number of anilines is 1. The van der Waals surface area contributed by atoms with Crippen LogP contribution in [0.3, 0.4) is 0 Å². The summed E-state index contributed by atoms with van der Waals surface area (Å²) in [6.07, 6.45) is 1.47. The first-order valence-electron chi connectivity index (χ1n) is 8.38. The zero-order valence-corrected chi connectivity index (χ0v) is 13.1. The SMILES string of the molecule is OC1CCC(O)N1CCCN1CCN(c2ccccc2)CC1. The van der Waals surface area contributed by atoms with Gasteiger partial charge in [-0.15, -0.1) is 0 Å². The van der Waals surface area contributed by atoms with Crippen molar-refractivity contribution in [2.24, 2.45) is 0 Å². The Kier molecular flexibility index (Phi) is 5.31. The minimum atomic E-state index is -0.454. The van der Waals surface area contributed by atoms with Crippen molar-refractivity contribution in [1.29, 1.82) is 0 Å². The molecule has 5 nitrogen and oxygen atoms in total. The normalized spacial score (nSPS) is 27.5. The van der Waals surface area contributed by atoms with Crippen LogP contribution in [0.1, 0.15) is 19.3 Å². The lowest BCUT2D eigenvalue weighted by Gasteiger charge is -2.36. The van der Waals surface area contributed by atoms with Crippen LogP contribution in [-0.4, -0.2) is 71.7 Å². The van der Waals surface area contributed by atoms with Gasteiger partial charge < -0.3 is 15.1 Å². The summed E-state index contributed by atoms with van der Waals surface area (Å²) in [4.78, 5) is 6.74. The van der Waals surface area contributed by atoms with Gasteiger partial charge in [-0.2, -0.15) is 0 Å². The highest BCUT2D eigenvalue weighted by atomic mass is 16.3. The predicted molar refractivity (Wildman–Crippen MR) is 87.7 cm³/mol. The molecule has 2 aliphatic heterocycles. The molecule has 0 bridgehead atoms. The smallest absolute Gasteiger partial charge is 0.109 e. The van der Waals surface area contributed by atoms with Crippen LogP contribution in [0.15, 0.2) is 30.3 Å². The molecule has 5 heteroatoms. The van der Waals surface area contributed by atoms with Crippen molar-refractivity contribution in [1.82, 2.24) is 9.80 Å². The van der Waals surface area contributed by atoms with Gasteiger partial charge in [0.05, 0.1) is 0 Å². The molecule has 2 aliphatic rings. The molecule has 2 saturated heterocycles. The van der Waals surface area contributed by atoms with Crippen molar-refractivity contribution in [3.05, 3.63) is 30.3 Å². The Bertz CT molecular complexity index is 438. The molecule has 0 radical (unpaired) electrons. The van der Waals surface area contributed by atoms with Crippen LogP contribution >= 0.6 is 0 Å². The first-order chi connectivity index (χ1) is 10.7. The maximum Gasteiger partial charge on any atom is 0.109 e. The van der Waals surface area contributed by atoms with Crippen molar-refractivity contribution >= 4 is 5.69 Å². The fourth-order valence-electron chi connectivity index (χ4n) is 3.47. The molecule has 0 amide bonds.